The van der Waals surface area contributed by atoms with E-state index >= 15 is 0 Å². The molecule has 0 aromatic carbocycles. The number of nitrogens with one attached hydrogen (secondary N) is 1. The fraction of sp³-hybridized carbons (Fsp3) is 0.889. The lowest BCUT2D eigenvalue weighted by atomic mass is 10.2. The summed E-state index contributed by atoms with van der Waals surface area (Å²) in [6.45, 7) is 5.52. The fourth-order valence-electron chi connectivity index (χ4n) is 1.52. The molecular weight excluding hydrogens is 216 g/mol. The normalized spacial score (nSPS) is 21.7. The molecule has 0 saturated carbocycles. The number of carbonyl (C=O) groups excluding carboxylic acids is 1. The van der Waals surface area contributed by atoms with Gasteiger partial charge in [-0.15, -0.1) is 0 Å². The van der Waals surface area contributed by atoms with Crippen LogP contribution < -0.4 is 5.32 Å². The summed E-state index contributed by atoms with van der Waals surface area (Å²) in [4.78, 5) is 13.6. The van der Waals surface area contributed by atoms with Gasteiger partial charge in [-0.25, -0.2) is 4.79 Å². The molecule has 0 spiro atoms. The Balaban J connectivity index is 2.46. The minimum Gasteiger partial charge on any atom is -0.338 e. The maximum atomic E-state index is 11.7. The molecule has 1 N–H and O–H groups in total. The third-order valence-corrected chi connectivity index (χ3v) is 4.75. The Labute approximate surface area is 93.8 Å². The predicted octanol–water partition coefficient (Wildman–Crippen LogP) is 2.19. The molecule has 1 aliphatic heterocycles. The minimum atomic E-state index is 0.0903. The van der Waals surface area contributed by atoms with Crippen LogP contribution in [0.2, 0.25) is 0 Å². The van der Waals surface area contributed by atoms with Gasteiger partial charge in [0.2, 0.25) is 0 Å². The molecule has 1 atom stereocenters. The SMILES string of the molecule is CCNC(=O)N(CC)C1CCSSC1. The molecular formula is C9H18N2OS2. The predicted molar refractivity (Wildman–Crippen MR) is 64.8 cm³/mol. The van der Waals surface area contributed by atoms with Crippen LogP contribution in [0.5, 0.6) is 0 Å². The smallest absolute Gasteiger partial charge is 0.317 e. The van der Waals surface area contributed by atoms with Crippen LogP contribution in [0.4, 0.5) is 4.79 Å². The number of hydrogen-bond acceptors (Lipinski definition) is 3. The summed E-state index contributed by atoms with van der Waals surface area (Å²) in [5, 5.41) is 2.86. The van der Waals surface area contributed by atoms with Gasteiger partial charge in [0.1, 0.15) is 0 Å². The molecule has 0 aliphatic carbocycles. The first-order valence-corrected chi connectivity index (χ1v) is 7.57. The molecule has 0 aromatic rings. The van der Waals surface area contributed by atoms with E-state index in [1.165, 1.54) is 0 Å². The molecule has 1 unspecified atom stereocenters. The minimum absolute atomic E-state index is 0.0903. The van der Waals surface area contributed by atoms with Gasteiger partial charge in [0, 0.05) is 30.6 Å². The molecule has 1 fully saturated rings. The van der Waals surface area contributed by atoms with Gasteiger partial charge in [-0.1, -0.05) is 21.6 Å². The monoisotopic (exact) mass is 234 g/mol. The third kappa shape index (κ3) is 3.28. The molecule has 1 aliphatic rings. The second kappa shape index (κ2) is 6.45. The summed E-state index contributed by atoms with van der Waals surface area (Å²) in [6.07, 6.45) is 1.13. The molecule has 1 heterocycles. The van der Waals surface area contributed by atoms with E-state index in [-0.39, 0.29) is 6.03 Å². The molecule has 0 bridgehead atoms. The summed E-state index contributed by atoms with van der Waals surface area (Å²) >= 11 is 0. The molecule has 0 radical (unpaired) electrons. The Morgan fingerprint density at radius 3 is 2.79 bits per heavy atom. The maximum absolute atomic E-state index is 11.7. The van der Waals surface area contributed by atoms with Gasteiger partial charge >= 0.3 is 6.03 Å². The summed E-state index contributed by atoms with van der Waals surface area (Å²) < 4.78 is 0. The highest BCUT2D eigenvalue weighted by Gasteiger charge is 2.24. The molecule has 1 saturated heterocycles. The molecule has 2 amide bonds. The molecule has 0 aromatic heterocycles. The van der Waals surface area contributed by atoms with Crippen molar-refractivity contribution in [2.24, 2.45) is 0 Å². The lowest BCUT2D eigenvalue weighted by Crippen LogP contribution is -2.47. The number of amides is 2. The Hall–Kier alpha value is -0.0300. The number of nitrogens with zero attached hydrogens (tertiary/aromatic N) is 1. The van der Waals surface area contributed by atoms with Crippen molar-refractivity contribution < 1.29 is 4.79 Å². The molecule has 5 heteroatoms. The van der Waals surface area contributed by atoms with E-state index in [2.05, 4.69) is 5.32 Å². The van der Waals surface area contributed by atoms with Crippen LogP contribution in [-0.4, -0.2) is 41.6 Å². The maximum Gasteiger partial charge on any atom is 0.317 e. The van der Waals surface area contributed by atoms with Gasteiger partial charge in [-0.2, -0.15) is 0 Å². The van der Waals surface area contributed by atoms with Gasteiger partial charge in [0.05, 0.1) is 0 Å². The zero-order valence-electron chi connectivity index (χ0n) is 8.78. The Bertz CT molecular complexity index is 184. The van der Waals surface area contributed by atoms with Crippen LogP contribution in [0.1, 0.15) is 20.3 Å². The third-order valence-electron chi connectivity index (χ3n) is 2.25. The van der Waals surface area contributed by atoms with Crippen LogP contribution in [0.15, 0.2) is 0 Å². The van der Waals surface area contributed by atoms with E-state index in [1.807, 2.05) is 40.3 Å². The van der Waals surface area contributed by atoms with Crippen molar-refractivity contribution in [2.75, 3.05) is 24.6 Å². The highest BCUT2D eigenvalue weighted by molar-refractivity contribution is 8.76. The van der Waals surface area contributed by atoms with E-state index in [0.717, 1.165) is 24.5 Å². The Kier molecular flexibility index (Phi) is 5.55. The van der Waals surface area contributed by atoms with E-state index in [4.69, 9.17) is 0 Å². The lowest BCUT2D eigenvalue weighted by molar-refractivity contribution is 0.183. The standard InChI is InChI=1S/C9H18N2OS2/c1-3-10-9(12)11(4-2)8-5-6-13-14-7-8/h8H,3-7H2,1-2H3,(H,10,12). The first-order valence-electron chi connectivity index (χ1n) is 5.08. The van der Waals surface area contributed by atoms with Gasteiger partial charge in [0.25, 0.3) is 0 Å². The van der Waals surface area contributed by atoms with Crippen molar-refractivity contribution in [3.05, 3.63) is 0 Å². The zero-order chi connectivity index (χ0) is 10.4. The molecule has 14 heavy (non-hydrogen) atoms. The molecule has 82 valence electrons. The Morgan fingerprint density at radius 1 is 1.50 bits per heavy atom. The van der Waals surface area contributed by atoms with E-state index in [9.17, 15) is 4.79 Å². The van der Waals surface area contributed by atoms with Crippen molar-refractivity contribution in [3.8, 4) is 0 Å². The molecule has 3 nitrogen and oxygen atoms in total. The number of urea groups is 1. The highest BCUT2D eigenvalue weighted by Crippen LogP contribution is 2.31. The first kappa shape index (κ1) is 12.0. The van der Waals surface area contributed by atoms with E-state index in [0.29, 0.717) is 12.6 Å². The van der Waals surface area contributed by atoms with Gasteiger partial charge in [-0.05, 0) is 20.3 Å². The average Bonchev–Trinajstić information content (AvgIpc) is 2.21. The summed E-state index contributed by atoms with van der Waals surface area (Å²) in [5.41, 5.74) is 0. The topological polar surface area (TPSA) is 32.3 Å². The van der Waals surface area contributed by atoms with Crippen molar-refractivity contribution in [1.82, 2.24) is 10.2 Å². The van der Waals surface area contributed by atoms with Crippen LogP contribution >= 0.6 is 21.6 Å². The first-order chi connectivity index (χ1) is 6.79. The lowest BCUT2D eigenvalue weighted by Gasteiger charge is -2.32. The zero-order valence-corrected chi connectivity index (χ0v) is 10.4. The van der Waals surface area contributed by atoms with Gasteiger partial charge < -0.3 is 10.2 Å². The summed E-state index contributed by atoms with van der Waals surface area (Å²) in [5.74, 6) is 2.22. The van der Waals surface area contributed by atoms with Crippen LogP contribution in [0.3, 0.4) is 0 Å². The highest BCUT2D eigenvalue weighted by atomic mass is 33.1. The van der Waals surface area contributed by atoms with Crippen molar-refractivity contribution in [2.45, 2.75) is 26.3 Å². The summed E-state index contributed by atoms with van der Waals surface area (Å²) in [6, 6.07) is 0.519. The average molecular weight is 234 g/mol. The van der Waals surface area contributed by atoms with E-state index in [1.54, 1.807) is 0 Å². The van der Waals surface area contributed by atoms with Gasteiger partial charge in [-0.3, -0.25) is 0 Å². The largest absolute Gasteiger partial charge is 0.338 e. The Morgan fingerprint density at radius 2 is 2.29 bits per heavy atom. The number of carbonyl (C=O) groups is 1. The van der Waals surface area contributed by atoms with Crippen molar-refractivity contribution in [3.63, 3.8) is 0 Å². The number of hydrogen-bond donors (Lipinski definition) is 1. The van der Waals surface area contributed by atoms with E-state index < -0.39 is 0 Å². The second-order valence-corrected chi connectivity index (χ2v) is 5.80. The van der Waals surface area contributed by atoms with Gasteiger partial charge in [0.15, 0.2) is 0 Å². The number of rotatable bonds is 3. The van der Waals surface area contributed by atoms with Crippen molar-refractivity contribution >= 4 is 27.6 Å². The van der Waals surface area contributed by atoms with Crippen molar-refractivity contribution in [1.29, 1.82) is 0 Å². The van der Waals surface area contributed by atoms with Crippen LogP contribution in [0.25, 0.3) is 0 Å². The second-order valence-electron chi connectivity index (χ2n) is 3.17. The quantitative estimate of drug-likeness (QED) is 0.760. The molecule has 1 rings (SSSR count). The summed E-state index contributed by atoms with van der Waals surface area (Å²) in [7, 11) is 3.79. The van der Waals surface area contributed by atoms with Crippen LogP contribution in [-0.2, 0) is 0 Å². The van der Waals surface area contributed by atoms with Crippen LogP contribution in [0, 0.1) is 0 Å². The fourth-order valence-corrected chi connectivity index (χ4v) is 4.01.